The number of unbranched alkanes of at least 4 members (excludes halogenated alkanes) is 1. The Hall–Kier alpha value is -1.14. The van der Waals surface area contributed by atoms with Gasteiger partial charge in [0.15, 0.2) is 5.78 Å². The van der Waals surface area contributed by atoms with E-state index in [9.17, 15) is 4.79 Å². The molecule has 1 fully saturated rings. The van der Waals surface area contributed by atoms with Crippen LogP contribution in [0.15, 0.2) is 18.2 Å². The van der Waals surface area contributed by atoms with E-state index < -0.39 is 0 Å². The molecule has 0 spiro atoms. The summed E-state index contributed by atoms with van der Waals surface area (Å²) in [7, 11) is 0. The third-order valence-electron chi connectivity index (χ3n) is 5.41. The number of hydrogen-bond donors (Lipinski definition) is 3. The van der Waals surface area contributed by atoms with Gasteiger partial charge in [-0.2, -0.15) is 0 Å². The maximum Gasteiger partial charge on any atom is 0.168 e. The second kappa shape index (κ2) is 11.5. The summed E-state index contributed by atoms with van der Waals surface area (Å²) in [5.74, 6) is 0.210. The Balaban J connectivity index is 0.00000338. The van der Waals surface area contributed by atoms with E-state index in [-0.39, 0.29) is 18.2 Å². The quantitative estimate of drug-likeness (QED) is 0.209. The van der Waals surface area contributed by atoms with Gasteiger partial charge in [-0.3, -0.25) is 4.79 Å². The van der Waals surface area contributed by atoms with Crippen LogP contribution in [-0.4, -0.2) is 62.6 Å². The predicted octanol–water partition coefficient (Wildman–Crippen LogP) is -1.04. The smallest absolute Gasteiger partial charge is 0.168 e. The molecule has 2 rings (SSSR count). The van der Waals surface area contributed by atoms with E-state index in [1.165, 1.54) is 12.8 Å². The second-order valence-electron chi connectivity index (χ2n) is 7.33. The van der Waals surface area contributed by atoms with Crippen molar-refractivity contribution in [1.29, 1.82) is 0 Å². The van der Waals surface area contributed by atoms with Crippen LogP contribution in [0.1, 0.15) is 42.1 Å². The lowest BCUT2D eigenvalue weighted by Crippen LogP contribution is -3.00. The molecule has 0 amide bonds. The van der Waals surface area contributed by atoms with Crippen LogP contribution >= 0.6 is 0 Å². The molecule has 1 aromatic rings. The van der Waals surface area contributed by atoms with Gasteiger partial charge in [-0.05, 0) is 31.5 Å². The lowest BCUT2D eigenvalue weighted by molar-refractivity contribution is -0.928. The van der Waals surface area contributed by atoms with Crippen molar-refractivity contribution in [2.75, 3.05) is 58.1 Å². The number of piperazine rings is 1. The van der Waals surface area contributed by atoms with Crippen molar-refractivity contribution in [3.8, 4) is 0 Å². The van der Waals surface area contributed by atoms with Gasteiger partial charge in [0.25, 0.3) is 0 Å². The first-order valence-electron chi connectivity index (χ1n) is 9.72. The molecule has 1 saturated heterocycles. The minimum atomic E-state index is 0. The fraction of sp³-hybridized carbons (Fsp3) is 0.650. The van der Waals surface area contributed by atoms with Crippen LogP contribution < -0.4 is 28.8 Å². The Morgan fingerprint density at radius 1 is 1.23 bits per heavy atom. The normalized spacial score (nSPS) is 16.1. The fourth-order valence-electron chi connectivity index (χ4n) is 3.47. The number of ketones is 1. The molecule has 26 heavy (non-hydrogen) atoms. The lowest BCUT2D eigenvalue weighted by atomic mass is 10.0. The zero-order chi connectivity index (χ0) is 18.1. The molecule has 0 saturated carbocycles. The van der Waals surface area contributed by atoms with Crippen molar-refractivity contribution in [2.45, 2.75) is 33.1 Å². The summed E-state index contributed by atoms with van der Waals surface area (Å²) in [6.45, 7) is 12.6. The number of hydrogen-bond acceptors (Lipinski definition) is 4. The van der Waals surface area contributed by atoms with Gasteiger partial charge in [-0.15, -0.1) is 0 Å². The summed E-state index contributed by atoms with van der Waals surface area (Å²) in [6.07, 6.45) is 3.05. The van der Waals surface area contributed by atoms with Gasteiger partial charge in [0.2, 0.25) is 0 Å². The van der Waals surface area contributed by atoms with E-state index in [0.717, 1.165) is 68.0 Å². The molecule has 4 N–H and O–H groups in total. The molecule has 1 heterocycles. The van der Waals surface area contributed by atoms with Crippen molar-refractivity contribution in [3.63, 3.8) is 0 Å². The third kappa shape index (κ3) is 6.88. The number of nitrogen functional groups attached to an aromatic ring is 1. The van der Waals surface area contributed by atoms with E-state index in [1.807, 2.05) is 25.1 Å². The van der Waals surface area contributed by atoms with Crippen LogP contribution in [0.3, 0.4) is 0 Å². The highest BCUT2D eigenvalue weighted by Crippen LogP contribution is 2.16. The summed E-state index contributed by atoms with van der Waals surface area (Å²) >= 11 is 0. The number of carbonyl (C=O) groups is 1. The Bertz CT molecular complexity index is 559. The standard InChI is InChI=1S/C20H35N4O.ClH/c1-3-4-8-22-9-13-24(14-10-23-11-15-24)12-7-20(25)18-6-5-17(2)19(21)16-18;/h5-6,16,22-23H,3-4,7-15,21H2,1-2H3;1H/q+1;/p-1. The summed E-state index contributed by atoms with van der Waals surface area (Å²) in [5, 5.41) is 7.00. The molecule has 148 valence electrons. The highest BCUT2D eigenvalue weighted by molar-refractivity contribution is 5.97. The molecule has 0 bridgehead atoms. The SMILES string of the molecule is CCCCNCC[N+]1(CCC(=O)c2ccc(C)c(N)c2)CCNCC1.[Cl-]. The minimum absolute atomic E-state index is 0. The number of nitrogens with one attached hydrogen (secondary N) is 2. The number of nitrogens with zero attached hydrogens (tertiary/aromatic N) is 1. The molecule has 1 aliphatic heterocycles. The number of quaternary nitrogens is 1. The Morgan fingerprint density at radius 2 is 1.96 bits per heavy atom. The molecule has 0 aliphatic carbocycles. The number of halogens is 1. The van der Waals surface area contributed by atoms with Crippen molar-refractivity contribution < 1.29 is 21.7 Å². The summed E-state index contributed by atoms with van der Waals surface area (Å²) in [5.41, 5.74) is 8.44. The maximum absolute atomic E-state index is 12.6. The minimum Gasteiger partial charge on any atom is -1.00 e. The number of carbonyl (C=O) groups excluding carboxylic acids is 1. The predicted molar refractivity (Wildman–Crippen MR) is 105 cm³/mol. The van der Waals surface area contributed by atoms with Crippen LogP contribution in [0.4, 0.5) is 5.69 Å². The van der Waals surface area contributed by atoms with Crippen LogP contribution in [0.5, 0.6) is 0 Å². The zero-order valence-electron chi connectivity index (χ0n) is 16.3. The topological polar surface area (TPSA) is 67.2 Å². The molecular weight excluding hydrogens is 348 g/mol. The average molecular weight is 383 g/mol. The largest absolute Gasteiger partial charge is 1.00 e. The molecular formula is C20H35ClN4O. The Labute approximate surface area is 164 Å². The molecule has 0 unspecified atom stereocenters. The fourth-order valence-corrected chi connectivity index (χ4v) is 3.47. The van der Waals surface area contributed by atoms with Gasteiger partial charge >= 0.3 is 0 Å². The molecule has 1 aromatic carbocycles. The second-order valence-corrected chi connectivity index (χ2v) is 7.33. The van der Waals surface area contributed by atoms with Crippen LogP contribution in [0, 0.1) is 6.92 Å². The molecule has 0 aromatic heterocycles. The highest BCUT2D eigenvalue weighted by Gasteiger charge is 2.30. The maximum atomic E-state index is 12.6. The number of rotatable bonds is 10. The Morgan fingerprint density at radius 3 is 2.62 bits per heavy atom. The summed E-state index contributed by atoms with van der Waals surface area (Å²) in [4.78, 5) is 12.6. The van der Waals surface area contributed by atoms with Gasteiger partial charge in [-0.25, -0.2) is 0 Å². The van der Waals surface area contributed by atoms with Gasteiger partial charge in [0.05, 0.1) is 32.6 Å². The van der Waals surface area contributed by atoms with E-state index >= 15 is 0 Å². The summed E-state index contributed by atoms with van der Waals surface area (Å²) < 4.78 is 1.04. The first-order chi connectivity index (χ1) is 12.1. The number of nitrogens with two attached hydrogens (primary N) is 1. The van der Waals surface area contributed by atoms with Crippen molar-refractivity contribution in [1.82, 2.24) is 10.6 Å². The highest BCUT2D eigenvalue weighted by atomic mass is 35.5. The van der Waals surface area contributed by atoms with Crippen molar-refractivity contribution >= 4 is 11.5 Å². The number of aryl methyl sites for hydroxylation is 1. The van der Waals surface area contributed by atoms with Crippen LogP contribution in [0.2, 0.25) is 0 Å². The van der Waals surface area contributed by atoms with E-state index in [0.29, 0.717) is 12.1 Å². The first-order valence-corrected chi connectivity index (χ1v) is 9.72. The molecule has 0 radical (unpaired) electrons. The molecule has 1 aliphatic rings. The third-order valence-corrected chi connectivity index (χ3v) is 5.41. The van der Waals surface area contributed by atoms with Crippen molar-refractivity contribution in [3.05, 3.63) is 29.3 Å². The lowest BCUT2D eigenvalue weighted by Gasteiger charge is -2.42. The van der Waals surface area contributed by atoms with E-state index in [1.54, 1.807) is 0 Å². The molecule has 6 heteroatoms. The average Bonchev–Trinajstić information content (AvgIpc) is 2.63. The van der Waals surface area contributed by atoms with Gasteiger partial charge in [0, 0.05) is 30.9 Å². The number of Topliss-reactive ketones (excluding diaryl/α,β-unsaturated/α-hetero) is 1. The van der Waals surface area contributed by atoms with Gasteiger partial charge < -0.3 is 33.3 Å². The van der Waals surface area contributed by atoms with Crippen molar-refractivity contribution in [2.24, 2.45) is 0 Å². The van der Waals surface area contributed by atoms with E-state index in [4.69, 9.17) is 5.73 Å². The van der Waals surface area contributed by atoms with Crippen LogP contribution in [0.25, 0.3) is 0 Å². The molecule has 5 nitrogen and oxygen atoms in total. The number of anilines is 1. The molecule has 0 atom stereocenters. The van der Waals surface area contributed by atoms with Gasteiger partial charge in [-0.1, -0.05) is 25.5 Å². The zero-order valence-corrected chi connectivity index (χ0v) is 17.1. The van der Waals surface area contributed by atoms with Crippen LogP contribution in [-0.2, 0) is 0 Å². The monoisotopic (exact) mass is 382 g/mol. The number of benzene rings is 1. The van der Waals surface area contributed by atoms with E-state index in [2.05, 4.69) is 17.6 Å². The van der Waals surface area contributed by atoms with Gasteiger partial charge in [0.1, 0.15) is 0 Å². The first kappa shape index (κ1) is 22.9. The Kier molecular flexibility index (Phi) is 10.2. The summed E-state index contributed by atoms with van der Waals surface area (Å²) in [6, 6.07) is 5.67.